The van der Waals surface area contributed by atoms with Crippen LogP contribution in [0, 0.1) is 0 Å². The van der Waals surface area contributed by atoms with Crippen LogP contribution in [0.15, 0.2) is 54.6 Å². The van der Waals surface area contributed by atoms with Gasteiger partial charge in [0.15, 0.2) is 0 Å². The average molecular weight is 226 g/mol. The summed E-state index contributed by atoms with van der Waals surface area (Å²) < 4.78 is 0. The van der Waals surface area contributed by atoms with Gasteiger partial charge in [-0.1, -0.05) is 42.5 Å². The SMILES string of the molecule is O=C([O-])CNc1cccc(-c2ccccc2)c1. The van der Waals surface area contributed by atoms with E-state index in [0.717, 1.165) is 16.8 Å². The van der Waals surface area contributed by atoms with Crippen molar-refractivity contribution < 1.29 is 9.90 Å². The molecule has 3 nitrogen and oxygen atoms in total. The van der Waals surface area contributed by atoms with Gasteiger partial charge in [-0.2, -0.15) is 0 Å². The third-order valence-electron chi connectivity index (χ3n) is 2.41. The van der Waals surface area contributed by atoms with Crippen LogP contribution in [-0.4, -0.2) is 12.5 Å². The van der Waals surface area contributed by atoms with Crippen LogP contribution in [-0.2, 0) is 4.79 Å². The molecule has 0 spiro atoms. The molecule has 0 saturated heterocycles. The van der Waals surface area contributed by atoms with Gasteiger partial charge in [0.25, 0.3) is 0 Å². The molecule has 2 aromatic rings. The molecule has 0 amide bonds. The van der Waals surface area contributed by atoms with Crippen LogP contribution < -0.4 is 10.4 Å². The van der Waals surface area contributed by atoms with E-state index in [1.807, 2.05) is 54.6 Å². The number of hydrogen-bond donors (Lipinski definition) is 1. The van der Waals surface area contributed by atoms with E-state index in [0.29, 0.717) is 0 Å². The van der Waals surface area contributed by atoms with Gasteiger partial charge in [-0.15, -0.1) is 0 Å². The third-order valence-corrected chi connectivity index (χ3v) is 2.41. The van der Waals surface area contributed by atoms with E-state index in [1.54, 1.807) is 0 Å². The summed E-state index contributed by atoms with van der Waals surface area (Å²) in [7, 11) is 0. The Morgan fingerprint density at radius 3 is 2.41 bits per heavy atom. The lowest BCUT2D eigenvalue weighted by atomic mass is 10.1. The number of aliphatic carboxylic acids is 1. The van der Waals surface area contributed by atoms with Gasteiger partial charge in [0.2, 0.25) is 0 Å². The van der Waals surface area contributed by atoms with E-state index in [-0.39, 0.29) is 6.54 Å². The molecular weight excluding hydrogens is 214 g/mol. The fourth-order valence-electron chi connectivity index (χ4n) is 1.61. The quantitative estimate of drug-likeness (QED) is 0.859. The highest BCUT2D eigenvalue weighted by molar-refractivity contribution is 5.73. The Bertz CT molecular complexity index is 509. The van der Waals surface area contributed by atoms with Crippen molar-refractivity contribution in [3.63, 3.8) is 0 Å². The smallest absolute Gasteiger partial charge is 0.0605 e. The van der Waals surface area contributed by atoms with Crippen LogP contribution in [0.3, 0.4) is 0 Å². The first kappa shape index (κ1) is 11.2. The lowest BCUT2D eigenvalue weighted by Gasteiger charge is -2.09. The lowest BCUT2D eigenvalue weighted by molar-refractivity contribution is -0.302. The van der Waals surface area contributed by atoms with Gasteiger partial charge in [-0.3, -0.25) is 0 Å². The number of nitrogens with one attached hydrogen (secondary N) is 1. The summed E-state index contributed by atoms with van der Waals surface area (Å²) in [6, 6.07) is 17.5. The second-order valence-corrected chi connectivity index (χ2v) is 3.67. The molecule has 0 saturated carbocycles. The average Bonchev–Trinajstić information content (AvgIpc) is 2.38. The largest absolute Gasteiger partial charge is 0.548 e. The molecule has 0 aliphatic rings. The van der Waals surface area contributed by atoms with Gasteiger partial charge in [0.1, 0.15) is 0 Å². The Kier molecular flexibility index (Phi) is 3.40. The fraction of sp³-hybridized carbons (Fsp3) is 0.0714. The molecular formula is C14H12NO2-. The van der Waals surface area contributed by atoms with Crippen molar-refractivity contribution in [2.45, 2.75) is 0 Å². The molecule has 17 heavy (non-hydrogen) atoms. The molecule has 0 fully saturated rings. The van der Waals surface area contributed by atoms with Crippen molar-refractivity contribution in [1.29, 1.82) is 0 Å². The second-order valence-electron chi connectivity index (χ2n) is 3.67. The first-order valence-corrected chi connectivity index (χ1v) is 5.35. The Labute approximate surface area is 99.7 Å². The monoisotopic (exact) mass is 226 g/mol. The second kappa shape index (κ2) is 5.16. The third kappa shape index (κ3) is 3.08. The Morgan fingerprint density at radius 1 is 1.00 bits per heavy atom. The van der Waals surface area contributed by atoms with Crippen LogP contribution >= 0.6 is 0 Å². The number of rotatable bonds is 4. The summed E-state index contributed by atoms with van der Waals surface area (Å²) in [6.45, 7) is -0.182. The van der Waals surface area contributed by atoms with Crippen LogP contribution in [0.4, 0.5) is 5.69 Å². The number of benzene rings is 2. The minimum atomic E-state index is -1.12. The number of carbonyl (C=O) groups excluding carboxylic acids is 1. The van der Waals surface area contributed by atoms with Crippen molar-refractivity contribution in [2.24, 2.45) is 0 Å². The van der Waals surface area contributed by atoms with Gasteiger partial charge in [-0.25, -0.2) is 0 Å². The molecule has 2 aromatic carbocycles. The molecule has 0 radical (unpaired) electrons. The standard InChI is InChI=1S/C14H13NO2/c16-14(17)10-15-13-8-4-7-12(9-13)11-5-2-1-3-6-11/h1-9,15H,10H2,(H,16,17)/p-1. The summed E-state index contributed by atoms with van der Waals surface area (Å²) in [5.74, 6) is -1.12. The maximum Gasteiger partial charge on any atom is 0.0605 e. The van der Waals surface area contributed by atoms with E-state index in [2.05, 4.69) is 5.32 Å². The Hall–Kier alpha value is -2.29. The molecule has 0 atom stereocenters. The van der Waals surface area contributed by atoms with E-state index in [9.17, 15) is 9.90 Å². The number of carboxylic acid groups (broad SMARTS) is 1. The Morgan fingerprint density at radius 2 is 1.71 bits per heavy atom. The topological polar surface area (TPSA) is 52.2 Å². The highest BCUT2D eigenvalue weighted by Gasteiger charge is 1.98. The van der Waals surface area contributed by atoms with Crippen molar-refractivity contribution in [2.75, 3.05) is 11.9 Å². The maximum atomic E-state index is 10.4. The molecule has 0 aliphatic heterocycles. The van der Waals surface area contributed by atoms with E-state index in [4.69, 9.17) is 0 Å². The molecule has 2 rings (SSSR count). The predicted octanol–water partition coefficient (Wildman–Crippen LogP) is 1.52. The van der Waals surface area contributed by atoms with Gasteiger partial charge in [0.05, 0.1) is 12.5 Å². The molecule has 1 N–H and O–H groups in total. The highest BCUT2D eigenvalue weighted by Crippen LogP contribution is 2.21. The summed E-state index contributed by atoms with van der Waals surface area (Å²) >= 11 is 0. The summed E-state index contributed by atoms with van der Waals surface area (Å²) in [5, 5.41) is 13.1. The van der Waals surface area contributed by atoms with Crippen molar-refractivity contribution in [1.82, 2.24) is 0 Å². The zero-order chi connectivity index (χ0) is 12.1. The van der Waals surface area contributed by atoms with Gasteiger partial charge in [-0.05, 0) is 23.3 Å². The summed E-state index contributed by atoms with van der Waals surface area (Å²) in [4.78, 5) is 10.4. The van der Waals surface area contributed by atoms with Crippen molar-refractivity contribution >= 4 is 11.7 Å². The van der Waals surface area contributed by atoms with Gasteiger partial charge < -0.3 is 15.2 Å². The molecule has 0 bridgehead atoms. The predicted molar refractivity (Wildman–Crippen MR) is 65.4 cm³/mol. The molecule has 0 heterocycles. The number of hydrogen-bond acceptors (Lipinski definition) is 3. The minimum absolute atomic E-state index is 0.182. The summed E-state index contributed by atoms with van der Waals surface area (Å²) in [6.07, 6.45) is 0. The first-order chi connectivity index (χ1) is 8.25. The maximum absolute atomic E-state index is 10.4. The molecule has 86 valence electrons. The van der Waals surface area contributed by atoms with Crippen LogP contribution in [0.5, 0.6) is 0 Å². The van der Waals surface area contributed by atoms with E-state index < -0.39 is 5.97 Å². The van der Waals surface area contributed by atoms with Crippen LogP contribution in [0.25, 0.3) is 11.1 Å². The van der Waals surface area contributed by atoms with Gasteiger partial charge in [0, 0.05) is 5.69 Å². The zero-order valence-corrected chi connectivity index (χ0v) is 9.22. The van der Waals surface area contributed by atoms with Crippen LogP contribution in [0.1, 0.15) is 0 Å². The highest BCUT2D eigenvalue weighted by atomic mass is 16.4. The Balaban J connectivity index is 2.20. The van der Waals surface area contributed by atoms with Gasteiger partial charge >= 0.3 is 0 Å². The summed E-state index contributed by atoms with van der Waals surface area (Å²) in [5.41, 5.74) is 2.93. The first-order valence-electron chi connectivity index (χ1n) is 5.35. The van der Waals surface area contributed by atoms with E-state index in [1.165, 1.54) is 0 Å². The zero-order valence-electron chi connectivity index (χ0n) is 9.22. The molecule has 0 aromatic heterocycles. The lowest BCUT2D eigenvalue weighted by Crippen LogP contribution is -2.30. The normalized spacial score (nSPS) is 9.88. The van der Waals surface area contributed by atoms with Crippen molar-refractivity contribution in [3.8, 4) is 11.1 Å². The van der Waals surface area contributed by atoms with E-state index >= 15 is 0 Å². The minimum Gasteiger partial charge on any atom is -0.548 e. The van der Waals surface area contributed by atoms with Crippen molar-refractivity contribution in [3.05, 3.63) is 54.6 Å². The number of carbonyl (C=O) groups is 1. The number of anilines is 1. The number of carboxylic acids is 1. The van der Waals surface area contributed by atoms with Crippen LogP contribution in [0.2, 0.25) is 0 Å². The molecule has 0 unspecified atom stereocenters. The molecule has 0 aliphatic carbocycles. The molecule has 3 heteroatoms. The fourth-order valence-corrected chi connectivity index (χ4v) is 1.61.